The highest BCUT2D eigenvalue weighted by Gasteiger charge is 2.25. The van der Waals surface area contributed by atoms with Gasteiger partial charge < -0.3 is 14.7 Å². The minimum absolute atomic E-state index is 0.0164. The Balaban J connectivity index is 1.41. The van der Waals surface area contributed by atoms with E-state index in [-0.39, 0.29) is 17.6 Å². The smallest absolute Gasteiger partial charge is 0.335 e. The third kappa shape index (κ3) is 6.89. The summed E-state index contributed by atoms with van der Waals surface area (Å²) in [5.74, 6) is -0.151. The quantitative estimate of drug-likeness (QED) is 0.278. The van der Waals surface area contributed by atoms with E-state index in [2.05, 4.69) is 17.0 Å². The molecule has 0 radical (unpaired) electrons. The summed E-state index contributed by atoms with van der Waals surface area (Å²) in [5.41, 5.74) is 6.41. The molecule has 1 atom stereocenters. The van der Waals surface area contributed by atoms with Gasteiger partial charge in [-0.3, -0.25) is 9.69 Å². The number of carboxylic acids is 1. The molecule has 0 aromatic heterocycles. The van der Waals surface area contributed by atoms with E-state index in [1.165, 1.54) is 0 Å². The van der Waals surface area contributed by atoms with Crippen molar-refractivity contribution < 1.29 is 19.4 Å². The zero-order valence-electron chi connectivity index (χ0n) is 23.8. The number of aromatic carboxylic acids is 1. The summed E-state index contributed by atoms with van der Waals surface area (Å²) >= 11 is 12.9. The number of likely N-dealkylation sites (N-methyl/N-ethyl adjacent to an activating group) is 1. The lowest BCUT2D eigenvalue weighted by atomic mass is 9.87. The predicted molar refractivity (Wildman–Crippen MR) is 168 cm³/mol. The maximum absolute atomic E-state index is 11.8. The molecule has 1 fully saturated rings. The van der Waals surface area contributed by atoms with Crippen LogP contribution in [-0.2, 0) is 11.2 Å². The van der Waals surface area contributed by atoms with Crippen LogP contribution >= 0.6 is 23.2 Å². The second-order valence-electron chi connectivity index (χ2n) is 11.0. The van der Waals surface area contributed by atoms with Crippen LogP contribution in [0.1, 0.15) is 51.9 Å². The van der Waals surface area contributed by atoms with Gasteiger partial charge in [0, 0.05) is 49.9 Å². The van der Waals surface area contributed by atoms with Crippen molar-refractivity contribution in [2.75, 3.05) is 33.7 Å². The van der Waals surface area contributed by atoms with Gasteiger partial charge in [0.05, 0.1) is 5.56 Å². The summed E-state index contributed by atoms with van der Waals surface area (Å²) in [5, 5.41) is 10.8. The van der Waals surface area contributed by atoms with Crippen LogP contribution in [0.4, 0.5) is 0 Å². The van der Waals surface area contributed by atoms with Crippen LogP contribution in [0.15, 0.2) is 72.8 Å². The van der Waals surface area contributed by atoms with Crippen molar-refractivity contribution in [3.05, 3.63) is 111 Å². The number of fused-ring (bicyclic) bond motifs is 1. The van der Waals surface area contributed by atoms with Gasteiger partial charge in [0.2, 0.25) is 5.91 Å². The highest BCUT2D eigenvalue weighted by molar-refractivity contribution is 6.36. The first kappa shape index (κ1) is 29.9. The molecule has 1 saturated heterocycles. The third-order valence-corrected chi connectivity index (χ3v) is 8.34. The van der Waals surface area contributed by atoms with Crippen LogP contribution in [0.3, 0.4) is 0 Å². The number of ether oxygens (including phenoxy) is 1. The molecule has 2 aliphatic rings. The lowest BCUT2D eigenvalue weighted by molar-refractivity contribution is -0.123. The molecule has 1 amide bonds. The number of rotatable bonds is 8. The maximum atomic E-state index is 11.8. The highest BCUT2D eigenvalue weighted by Crippen LogP contribution is 2.42. The van der Waals surface area contributed by atoms with Crippen LogP contribution in [0.25, 0.3) is 11.1 Å². The Kier molecular flexibility index (Phi) is 9.37. The summed E-state index contributed by atoms with van der Waals surface area (Å²) in [6.07, 6.45) is 6.94. The fourth-order valence-corrected chi connectivity index (χ4v) is 6.18. The van der Waals surface area contributed by atoms with Gasteiger partial charge in [-0.25, -0.2) is 4.79 Å². The number of carboxylic acid groups (broad SMARTS) is 1. The van der Waals surface area contributed by atoms with Crippen molar-refractivity contribution in [3.8, 4) is 5.75 Å². The number of carbonyl (C=O) groups is 2. The van der Waals surface area contributed by atoms with Gasteiger partial charge in [-0.1, -0.05) is 53.5 Å². The number of aryl methyl sites for hydroxylation is 1. The van der Waals surface area contributed by atoms with E-state index in [1.807, 2.05) is 36.4 Å². The minimum atomic E-state index is -0.932. The average Bonchev–Trinajstić information content (AvgIpc) is 3.31. The van der Waals surface area contributed by atoms with Gasteiger partial charge in [0.1, 0.15) is 11.9 Å². The first-order chi connectivity index (χ1) is 20.2. The van der Waals surface area contributed by atoms with Gasteiger partial charge in [0.25, 0.3) is 0 Å². The number of nitrogens with zero attached hydrogens (tertiary/aromatic N) is 2. The van der Waals surface area contributed by atoms with Gasteiger partial charge in [-0.2, -0.15) is 0 Å². The Morgan fingerprint density at radius 3 is 2.50 bits per heavy atom. The van der Waals surface area contributed by atoms with Crippen molar-refractivity contribution in [2.24, 2.45) is 0 Å². The van der Waals surface area contributed by atoms with Crippen molar-refractivity contribution in [3.63, 3.8) is 0 Å². The molecule has 1 aliphatic heterocycles. The largest absolute Gasteiger partial charge is 0.489 e. The number of allylic oxidation sites excluding steroid dienone is 1. The average molecular weight is 606 g/mol. The van der Waals surface area contributed by atoms with E-state index >= 15 is 0 Å². The standard InChI is InChI=1S/C34H34Cl2N2O4/c1-37(2)32(39)7-4-17-38-18-16-27(21-38)42-26-12-8-22(9-13-26)33-28-14-10-24(34(40)41)19-23(28)5-3-6-30(33)29-15-11-25(35)20-31(29)36/h4,7-15,19-20,27H,3,5-6,16-18,21H2,1-2H3,(H,40,41)/b7-4+/t27-/m1/s1. The molecule has 1 N–H and O–H groups in total. The van der Waals surface area contributed by atoms with E-state index < -0.39 is 5.97 Å². The van der Waals surface area contributed by atoms with Gasteiger partial charge >= 0.3 is 5.97 Å². The molecule has 6 nitrogen and oxygen atoms in total. The lowest BCUT2D eigenvalue weighted by Gasteiger charge is -2.19. The molecule has 3 aromatic rings. The first-order valence-electron chi connectivity index (χ1n) is 14.1. The summed E-state index contributed by atoms with van der Waals surface area (Å²) in [4.78, 5) is 27.3. The second-order valence-corrected chi connectivity index (χ2v) is 11.8. The van der Waals surface area contributed by atoms with Crippen LogP contribution in [-0.4, -0.2) is 66.6 Å². The van der Waals surface area contributed by atoms with Crippen LogP contribution < -0.4 is 4.74 Å². The van der Waals surface area contributed by atoms with E-state index in [0.717, 1.165) is 77.9 Å². The fraction of sp³-hybridized carbons (Fsp3) is 0.294. The Morgan fingerprint density at radius 1 is 1.02 bits per heavy atom. The Morgan fingerprint density at radius 2 is 1.79 bits per heavy atom. The molecule has 0 saturated carbocycles. The summed E-state index contributed by atoms with van der Waals surface area (Å²) < 4.78 is 6.34. The molecule has 1 aliphatic carbocycles. The number of amides is 1. The normalized spacial score (nSPS) is 17.3. The van der Waals surface area contributed by atoms with Crippen LogP contribution in [0.2, 0.25) is 10.0 Å². The van der Waals surface area contributed by atoms with Crippen molar-refractivity contribution in [1.82, 2.24) is 9.80 Å². The molecule has 3 aromatic carbocycles. The third-order valence-electron chi connectivity index (χ3n) is 7.79. The maximum Gasteiger partial charge on any atom is 0.335 e. The monoisotopic (exact) mass is 604 g/mol. The molecule has 8 heteroatoms. The van der Waals surface area contributed by atoms with Crippen LogP contribution in [0, 0.1) is 0 Å². The molecule has 0 unspecified atom stereocenters. The summed E-state index contributed by atoms with van der Waals surface area (Å²) in [7, 11) is 3.48. The Hall–Kier alpha value is -3.58. The molecule has 0 bridgehead atoms. The number of benzene rings is 3. The number of hydrogen-bond acceptors (Lipinski definition) is 4. The summed E-state index contributed by atoms with van der Waals surface area (Å²) in [6.45, 7) is 2.42. The SMILES string of the molecule is CN(C)C(=O)/C=C/CN1CC[C@@H](Oc2ccc(C3=C(c4ccc(Cl)cc4Cl)CCCc4cc(C(=O)O)ccc43)cc2)C1. The first-order valence-corrected chi connectivity index (χ1v) is 14.9. The molecule has 218 valence electrons. The molecule has 5 rings (SSSR count). The number of likely N-dealkylation sites (tertiary alicyclic amines) is 1. The number of halogens is 2. The van der Waals surface area contributed by atoms with Crippen molar-refractivity contribution in [2.45, 2.75) is 31.8 Å². The zero-order valence-corrected chi connectivity index (χ0v) is 25.3. The molecular formula is C34H34Cl2N2O4. The Labute approximate surface area is 256 Å². The highest BCUT2D eigenvalue weighted by atomic mass is 35.5. The Bertz CT molecular complexity index is 1550. The second kappa shape index (κ2) is 13.2. The zero-order chi connectivity index (χ0) is 29.8. The van der Waals surface area contributed by atoms with E-state index in [0.29, 0.717) is 16.6 Å². The van der Waals surface area contributed by atoms with Crippen LogP contribution in [0.5, 0.6) is 5.75 Å². The summed E-state index contributed by atoms with van der Waals surface area (Å²) in [6, 6.07) is 19.1. The predicted octanol–water partition coefficient (Wildman–Crippen LogP) is 7.08. The molecule has 0 spiro atoms. The van der Waals surface area contributed by atoms with E-state index in [4.69, 9.17) is 27.9 Å². The van der Waals surface area contributed by atoms with E-state index in [9.17, 15) is 14.7 Å². The molecular weight excluding hydrogens is 571 g/mol. The molecule has 42 heavy (non-hydrogen) atoms. The van der Waals surface area contributed by atoms with Crippen molar-refractivity contribution >= 4 is 46.2 Å². The fourth-order valence-electron chi connectivity index (χ4n) is 5.66. The number of hydrogen-bond donors (Lipinski definition) is 1. The van der Waals surface area contributed by atoms with Gasteiger partial charge in [-0.15, -0.1) is 0 Å². The minimum Gasteiger partial charge on any atom is -0.489 e. The van der Waals surface area contributed by atoms with E-state index in [1.54, 1.807) is 43.3 Å². The molecule has 1 heterocycles. The van der Waals surface area contributed by atoms with Gasteiger partial charge in [-0.05, 0) is 95.5 Å². The topological polar surface area (TPSA) is 70.1 Å². The number of carbonyl (C=O) groups excluding carboxylic acids is 1. The van der Waals surface area contributed by atoms with Crippen molar-refractivity contribution in [1.29, 1.82) is 0 Å². The van der Waals surface area contributed by atoms with Gasteiger partial charge in [0.15, 0.2) is 0 Å². The lowest BCUT2D eigenvalue weighted by Crippen LogP contribution is -2.25.